The molecule has 0 saturated carbocycles. The van der Waals surface area contributed by atoms with Crippen LogP contribution in [0.15, 0.2) is 36.4 Å². The van der Waals surface area contributed by atoms with Gasteiger partial charge in [-0.1, -0.05) is 25.1 Å². The molecule has 0 saturated heterocycles. The summed E-state index contributed by atoms with van der Waals surface area (Å²) >= 11 is 0. The summed E-state index contributed by atoms with van der Waals surface area (Å²) in [4.78, 5) is 51.2. The summed E-state index contributed by atoms with van der Waals surface area (Å²) in [7, 11) is 9.17. The molecule has 11 heteroatoms. The predicted octanol–water partition coefficient (Wildman–Crippen LogP) is 1.57. The molecule has 1 atom stereocenters. The van der Waals surface area contributed by atoms with E-state index < -0.39 is 11.9 Å². The third-order valence-electron chi connectivity index (χ3n) is 5.88. The van der Waals surface area contributed by atoms with Crippen molar-refractivity contribution in [1.82, 2.24) is 25.1 Å². The van der Waals surface area contributed by atoms with Crippen molar-refractivity contribution in [2.45, 2.75) is 32.7 Å². The SMILES string of the molecule is CCc1nc(C(N)=O)c(Nc2cccc(CCNC(=O)[C@H](C)N(C)C(=O)/C=C/CN(C)C)c2)nc1N(C)C. The number of nitrogens with zero attached hydrogens (tertiary/aromatic N) is 5. The van der Waals surface area contributed by atoms with E-state index in [-0.39, 0.29) is 23.3 Å². The Morgan fingerprint density at radius 3 is 2.42 bits per heavy atom. The van der Waals surface area contributed by atoms with E-state index in [0.717, 1.165) is 5.56 Å². The van der Waals surface area contributed by atoms with Gasteiger partial charge in [-0.15, -0.1) is 0 Å². The van der Waals surface area contributed by atoms with Crippen LogP contribution in [-0.2, 0) is 22.4 Å². The molecule has 4 N–H and O–H groups in total. The Hall–Kier alpha value is -3.99. The number of amides is 3. The van der Waals surface area contributed by atoms with E-state index in [1.54, 1.807) is 20.0 Å². The quantitative estimate of drug-likeness (QED) is 0.336. The molecule has 0 bridgehead atoms. The number of aromatic nitrogens is 2. The minimum atomic E-state index is -0.662. The largest absolute Gasteiger partial charge is 0.364 e. The highest BCUT2D eigenvalue weighted by Crippen LogP contribution is 2.24. The lowest BCUT2D eigenvalue weighted by molar-refractivity contribution is -0.135. The van der Waals surface area contributed by atoms with Crippen molar-refractivity contribution in [1.29, 1.82) is 0 Å². The highest BCUT2D eigenvalue weighted by atomic mass is 16.2. The minimum Gasteiger partial charge on any atom is -0.364 e. The Kier molecular flexibility index (Phi) is 11.2. The van der Waals surface area contributed by atoms with Crippen LogP contribution in [0.4, 0.5) is 17.3 Å². The third-order valence-corrected chi connectivity index (χ3v) is 5.88. The van der Waals surface area contributed by atoms with Crippen LogP contribution >= 0.6 is 0 Å². The molecule has 1 heterocycles. The highest BCUT2D eigenvalue weighted by Gasteiger charge is 2.21. The number of carbonyl (C=O) groups is 3. The van der Waals surface area contributed by atoms with Crippen LogP contribution in [0.25, 0.3) is 0 Å². The van der Waals surface area contributed by atoms with E-state index in [1.807, 2.05) is 69.2 Å². The molecule has 11 nitrogen and oxygen atoms in total. The topological polar surface area (TPSA) is 137 Å². The van der Waals surface area contributed by atoms with Crippen LogP contribution < -0.4 is 21.3 Å². The second kappa shape index (κ2) is 14.1. The predicted molar refractivity (Wildman–Crippen MR) is 151 cm³/mol. The molecule has 0 aliphatic rings. The maximum atomic E-state index is 12.6. The molecule has 2 rings (SSSR count). The number of carbonyl (C=O) groups excluding carboxylic acids is 3. The third kappa shape index (κ3) is 8.55. The molecular formula is C27H40N8O3. The molecule has 3 amide bonds. The van der Waals surface area contributed by atoms with Crippen LogP contribution in [0.1, 0.15) is 35.6 Å². The van der Waals surface area contributed by atoms with Gasteiger partial charge in [0, 0.05) is 46.0 Å². The van der Waals surface area contributed by atoms with E-state index in [1.165, 1.54) is 11.0 Å². The fourth-order valence-electron chi connectivity index (χ4n) is 3.58. The molecule has 1 aromatic heterocycles. The number of benzene rings is 1. The van der Waals surface area contributed by atoms with Crippen LogP contribution in [-0.4, -0.2) is 91.9 Å². The number of hydrogen-bond donors (Lipinski definition) is 3. The molecule has 0 unspecified atom stereocenters. The molecule has 38 heavy (non-hydrogen) atoms. The summed E-state index contributed by atoms with van der Waals surface area (Å²) in [5.74, 6) is -0.180. The Morgan fingerprint density at radius 2 is 1.82 bits per heavy atom. The standard InChI is InChI=1S/C27H40N8O3/c1-8-21-26(34(5)6)32-25(23(31-21)24(28)37)30-20-12-9-11-19(17-20)14-15-29-27(38)18(2)35(7)22(36)13-10-16-33(3)4/h9-13,17-18H,8,14-16H2,1-7H3,(H2,28,37)(H,29,38)(H,30,32)/b13-10+/t18-/m0/s1. The molecule has 0 aliphatic heterocycles. The maximum Gasteiger partial charge on any atom is 0.271 e. The van der Waals surface area contributed by atoms with Gasteiger partial charge in [0.15, 0.2) is 17.3 Å². The zero-order valence-electron chi connectivity index (χ0n) is 23.4. The summed E-state index contributed by atoms with van der Waals surface area (Å²) < 4.78 is 0. The van der Waals surface area contributed by atoms with Crippen LogP contribution in [0.5, 0.6) is 0 Å². The second-order valence-electron chi connectivity index (χ2n) is 9.46. The fraction of sp³-hybridized carbons (Fsp3) is 0.444. The van der Waals surface area contributed by atoms with Gasteiger partial charge >= 0.3 is 0 Å². The van der Waals surface area contributed by atoms with Crippen molar-refractivity contribution in [3.8, 4) is 0 Å². The zero-order valence-corrected chi connectivity index (χ0v) is 23.4. The monoisotopic (exact) mass is 524 g/mol. The smallest absolute Gasteiger partial charge is 0.271 e. The highest BCUT2D eigenvalue weighted by molar-refractivity contribution is 5.96. The van der Waals surface area contributed by atoms with Crippen molar-refractivity contribution < 1.29 is 14.4 Å². The van der Waals surface area contributed by atoms with Crippen molar-refractivity contribution in [2.75, 3.05) is 58.5 Å². The Bertz CT molecular complexity index is 1160. The molecule has 0 radical (unpaired) electrons. The van der Waals surface area contributed by atoms with Gasteiger partial charge in [-0.25, -0.2) is 9.97 Å². The normalized spacial score (nSPS) is 11.9. The lowest BCUT2D eigenvalue weighted by Gasteiger charge is -2.23. The molecular weight excluding hydrogens is 484 g/mol. The summed E-state index contributed by atoms with van der Waals surface area (Å²) in [6.07, 6.45) is 4.42. The van der Waals surface area contributed by atoms with E-state index in [2.05, 4.69) is 20.6 Å². The van der Waals surface area contributed by atoms with E-state index in [4.69, 9.17) is 5.73 Å². The summed E-state index contributed by atoms with van der Waals surface area (Å²) in [6, 6.07) is 6.97. The van der Waals surface area contributed by atoms with Crippen LogP contribution in [0, 0.1) is 0 Å². The summed E-state index contributed by atoms with van der Waals surface area (Å²) in [5, 5.41) is 6.06. The van der Waals surface area contributed by atoms with Gasteiger partial charge in [-0.2, -0.15) is 0 Å². The maximum absolute atomic E-state index is 12.6. The van der Waals surface area contributed by atoms with Gasteiger partial charge in [0.05, 0.1) is 5.69 Å². The first-order valence-electron chi connectivity index (χ1n) is 12.5. The number of aryl methyl sites for hydroxylation is 1. The van der Waals surface area contributed by atoms with Gasteiger partial charge in [0.2, 0.25) is 11.8 Å². The van der Waals surface area contributed by atoms with Gasteiger partial charge in [-0.3, -0.25) is 14.4 Å². The minimum absolute atomic E-state index is 0.0781. The number of anilines is 3. The van der Waals surface area contributed by atoms with Gasteiger partial charge in [-0.05, 0) is 51.6 Å². The Morgan fingerprint density at radius 1 is 1.11 bits per heavy atom. The first-order chi connectivity index (χ1) is 17.9. The molecule has 0 aliphatic carbocycles. The van der Waals surface area contributed by atoms with Gasteiger partial charge < -0.3 is 31.1 Å². The molecule has 0 spiro atoms. The Balaban J connectivity index is 2.04. The first kappa shape index (κ1) is 30.2. The number of primary amides is 1. The van der Waals surface area contributed by atoms with Crippen molar-refractivity contribution in [3.05, 3.63) is 53.4 Å². The average molecular weight is 525 g/mol. The Labute approximate surface area is 225 Å². The van der Waals surface area contributed by atoms with Crippen molar-refractivity contribution in [3.63, 3.8) is 0 Å². The second-order valence-corrected chi connectivity index (χ2v) is 9.46. The van der Waals surface area contributed by atoms with Crippen molar-refractivity contribution in [2.24, 2.45) is 5.73 Å². The first-order valence-corrected chi connectivity index (χ1v) is 12.5. The molecule has 206 valence electrons. The number of nitrogens with two attached hydrogens (primary N) is 1. The zero-order chi connectivity index (χ0) is 28.4. The van der Waals surface area contributed by atoms with Crippen LogP contribution in [0.2, 0.25) is 0 Å². The van der Waals surface area contributed by atoms with E-state index in [9.17, 15) is 14.4 Å². The lowest BCUT2D eigenvalue weighted by atomic mass is 10.1. The average Bonchev–Trinajstić information content (AvgIpc) is 2.87. The van der Waals surface area contributed by atoms with E-state index >= 15 is 0 Å². The molecule has 0 fully saturated rings. The summed E-state index contributed by atoms with van der Waals surface area (Å²) in [5.41, 5.74) is 8.01. The number of rotatable bonds is 13. The number of nitrogens with one attached hydrogen (secondary N) is 2. The molecule has 1 aromatic carbocycles. The van der Waals surface area contributed by atoms with Gasteiger partial charge in [0.1, 0.15) is 6.04 Å². The molecule has 2 aromatic rings. The van der Waals surface area contributed by atoms with E-state index in [0.29, 0.717) is 43.1 Å². The fourth-order valence-corrected chi connectivity index (χ4v) is 3.58. The number of likely N-dealkylation sites (N-methyl/N-ethyl adjacent to an activating group) is 2. The van der Waals surface area contributed by atoms with Crippen molar-refractivity contribution >= 4 is 35.0 Å². The number of hydrogen-bond acceptors (Lipinski definition) is 8. The van der Waals surface area contributed by atoms with Crippen LogP contribution in [0.3, 0.4) is 0 Å². The lowest BCUT2D eigenvalue weighted by Crippen LogP contribution is -2.45. The summed E-state index contributed by atoms with van der Waals surface area (Å²) in [6.45, 7) is 4.68. The van der Waals surface area contributed by atoms with Gasteiger partial charge in [0.25, 0.3) is 5.91 Å².